The first-order chi connectivity index (χ1) is 14.3. The van der Waals surface area contributed by atoms with Gasteiger partial charge in [0.15, 0.2) is 11.5 Å². The van der Waals surface area contributed by atoms with Crippen molar-refractivity contribution in [1.82, 2.24) is 5.32 Å². The minimum Gasteiger partial charge on any atom is -0.493 e. The standard InChI is InChI=1S/C25H30N2O3/c1-6-30-21-10-8-18(16-22(21)29-5)11-13-25-24(3,4)19-15-17(2)7-9-20(19)27(25)14-12-23(28)26-25/h7-11,13,15-16H,6,12,14H2,1-5H3,(H,26,28)/b13-11+. The van der Waals surface area contributed by atoms with E-state index in [9.17, 15) is 4.79 Å². The van der Waals surface area contributed by atoms with Gasteiger partial charge in [0, 0.05) is 24.1 Å². The molecule has 1 amide bonds. The third kappa shape index (κ3) is 3.04. The maximum absolute atomic E-state index is 12.5. The summed E-state index contributed by atoms with van der Waals surface area (Å²) in [4.78, 5) is 14.9. The van der Waals surface area contributed by atoms with E-state index in [0.29, 0.717) is 25.3 Å². The Labute approximate surface area is 178 Å². The quantitative estimate of drug-likeness (QED) is 0.798. The highest BCUT2D eigenvalue weighted by molar-refractivity contribution is 5.84. The SMILES string of the molecule is CCOc1ccc(/C=C/C23NC(=O)CCN2c2ccc(C)cc2C3(C)C)cc1OC. The molecule has 158 valence electrons. The zero-order valence-electron chi connectivity index (χ0n) is 18.4. The van der Waals surface area contributed by atoms with Crippen LogP contribution in [0.3, 0.4) is 0 Å². The van der Waals surface area contributed by atoms with E-state index in [2.05, 4.69) is 61.3 Å². The topological polar surface area (TPSA) is 50.8 Å². The number of hydrogen-bond acceptors (Lipinski definition) is 4. The van der Waals surface area contributed by atoms with Crippen LogP contribution < -0.4 is 19.7 Å². The Balaban J connectivity index is 1.78. The molecule has 2 aliphatic heterocycles. The van der Waals surface area contributed by atoms with E-state index in [1.165, 1.54) is 16.8 Å². The number of hydrogen-bond donors (Lipinski definition) is 1. The van der Waals surface area contributed by atoms with Crippen LogP contribution in [-0.2, 0) is 10.2 Å². The highest BCUT2D eigenvalue weighted by Gasteiger charge is 2.57. The zero-order valence-corrected chi connectivity index (χ0v) is 18.4. The van der Waals surface area contributed by atoms with Gasteiger partial charge in [-0.25, -0.2) is 0 Å². The summed E-state index contributed by atoms with van der Waals surface area (Å²) in [5.74, 6) is 1.51. The van der Waals surface area contributed by atoms with Gasteiger partial charge in [0.05, 0.1) is 13.7 Å². The monoisotopic (exact) mass is 406 g/mol. The zero-order chi connectivity index (χ0) is 21.5. The molecule has 2 aromatic carbocycles. The van der Waals surface area contributed by atoms with Gasteiger partial charge in [-0.1, -0.05) is 43.7 Å². The lowest BCUT2D eigenvalue weighted by Gasteiger charge is -2.49. The number of carbonyl (C=O) groups excluding carboxylic acids is 1. The second-order valence-corrected chi connectivity index (χ2v) is 8.54. The van der Waals surface area contributed by atoms with E-state index in [4.69, 9.17) is 9.47 Å². The number of carbonyl (C=O) groups is 1. The number of rotatable bonds is 5. The largest absolute Gasteiger partial charge is 0.493 e. The Bertz CT molecular complexity index is 1010. The van der Waals surface area contributed by atoms with Crippen LogP contribution in [0.1, 0.15) is 43.9 Å². The van der Waals surface area contributed by atoms with E-state index in [0.717, 1.165) is 11.3 Å². The Morgan fingerprint density at radius 3 is 2.70 bits per heavy atom. The van der Waals surface area contributed by atoms with Crippen LogP contribution >= 0.6 is 0 Å². The summed E-state index contributed by atoms with van der Waals surface area (Å²) in [6, 6.07) is 12.5. The first kappa shape index (κ1) is 20.3. The van der Waals surface area contributed by atoms with Crippen LogP contribution in [0.25, 0.3) is 6.08 Å². The molecule has 2 aromatic rings. The summed E-state index contributed by atoms with van der Waals surface area (Å²) in [7, 11) is 1.65. The van der Waals surface area contributed by atoms with Gasteiger partial charge in [0.25, 0.3) is 0 Å². The molecule has 0 radical (unpaired) electrons. The number of fused-ring (bicyclic) bond motifs is 3. The van der Waals surface area contributed by atoms with Gasteiger partial charge in [0.1, 0.15) is 5.66 Å². The van der Waals surface area contributed by atoms with Crippen molar-refractivity contribution in [3.63, 3.8) is 0 Å². The third-order valence-corrected chi connectivity index (χ3v) is 6.39. The Morgan fingerprint density at radius 1 is 1.17 bits per heavy atom. The molecule has 0 spiro atoms. The van der Waals surface area contributed by atoms with Crippen molar-refractivity contribution in [2.45, 2.75) is 45.2 Å². The van der Waals surface area contributed by atoms with Crippen LogP contribution in [0, 0.1) is 6.92 Å². The van der Waals surface area contributed by atoms with E-state index in [1.54, 1.807) is 7.11 Å². The van der Waals surface area contributed by atoms with Gasteiger partial charge in [-0.3, -0.25) is 4.79 Å². The molecule has 4 rings (SSSR count). The second kappa shape index (κ2) is 7.38. The van der Waals surface area contributed by atoms with Crippen molar-refractivity contribution < 1.29 is 14.3 Å². The fourth-order valence-corrected chi connectivity index (χ4v) is 4.75. The first-order valence-corrected chi connectivity index (χ1v) is 10.5. The second-order valence-electron chi connectivity index (χ2n) is 8.54. The predicted molar refractivity (Wildman–Crippen MR) is 120 cm³/mol. The number of anilines is 1. The Morgan fingerprint density at radius 2 is 1.97 bits per heavy atom. The number of nitrogens with one attached hydrogen (secondary N) is 1. The minimum absolute atomic E-state index is 0.0813. The number of methoxy groups -OCH3 is 1. The van der Waals surface area contributed by atoms with E-state index >= 15 is 0 Å². The van der Waals surface area contributed by atoms with Crippen molar-refractivity contribution in [2.75, 3.05) is 25.2 Å². The molecule has 5 heteroatoms. The smallest absolute Gasteiger partial charge is 0.223 e. The number of nitrogens with zero attached hydrogens (tertiary/aromatic N) is 1. The van der Waals surface area contributed by atoms with E-state index < -0.39 is 5.66 Å². The molecule has 1 N–H and O–H groups in total. The lowest BCUT2D eigenvalue weighted by molar-refractivity contribution is -0.124. The predicted octanol–water partition coefficient (Wildman–Crippen LogP) is 4.43. The van der Waals surface area contributed by atoms with Gasteiger partial charge in [-0.15, -0.1) is 0 Å². The van der Waals surface area contributed by atoms with Crippen molar-refractivity contribution in [3.05, 3.63) is 59.2 Å². The normalized spacial score (nSPS) is 21.9. The molecule has 2 heterocycles. The minimum atomic E-state index is -0.621. The van der Waals surface area contributed by atoms with Gasteiger partial charge < -0.3 is 19.7 Å². The summed E-state index contributed by atoms with van der Waals surface area (Å²) in [5, 5.41) is 3.32. The molecule has 1 fully saturated rings. The summed E-state index contributed by atoms with van der Waals surface area (Å²) in [6.45, 7) is 9.76. The van der Waals surface area contributed by atoms with Gasteiger partial charge >= 0.3 is 0 Å². The van der Waals surface area contributed by atoms with Crippen molar-refractivity contribution >= 4 is 17.7 Å². The Kier molecular flexibility index (Phi) is 5.00. The van der Waals surface area contributed by atoms with Gasteiger partial charge in [-0.05, 0) is 49.2 Å². The molecule has 1 atom stereocenters. The third-order valence-electron chi connectivity index (χ3n) is 6.39. The van der Waals surface area contributed by atoms with Crippen LogP contribution in [0.15, 0.2) is 42.5 Å². The molecule has 0 aliphatic carbocycles. The van der Waals surface area contributed by atoms with Crippen molar-refractivity contribution in [2.24, 2.45) is 0 Å². The van der Waals surface area contributed by atoms with Crippen LogP contribution in [-0.4, -0.2) is 31.8 Å². The lowest BCUT2D eigenvalue weighted by atomic mass is 9.74. The fraction of sp³-hybridized carbons (Fsp3) is 0.400. The van der Waals surface area contributed by atoms with Gasteiger partial charge in [0.2, 0.25) is 5.91 Å². The fourth-order valence-electron chi connectivity index (χ4n) is 4.75. The molecule has 5 nitrogen and oxygen atoms in total. The van der Waals surface area contributed by atoms with Crippen molar-refractivity contribution in [1.29, 1.82) is 0 Å². The first-order valence-electron chi connectivity index (χ1n) is 10.5. The molecule has 0 bridgehead atoms. The number of aryl methyl sites for hydroxylation is 1. The highest BCUT2D eigenvalue weighted by Crippen LogP contribution is 2.52. The van der Waals surface area contributed by atoms with E-state index in [-0.39, 0.29) is 11.3 Å². The molecular formula is C25H30N2O3. The molecular weight excluding hydrogens is 376 g/mol. The molecule has 0 aromatic heterocycles. The Hall–Kier alpha value is -2.95. The number of amides is 1. The summed E-state index contributed by atoms with van der Waals surface area (Å²) < 4.78 is 11.1. The average Bonchev–Trinajstić information content (AvgIpc) is 2.91. The average molecular weight is 407 g/mol. The summed E-state index contributed by atoms with van der Waals surface area (Å²) in [6.07, 6.45) is 4.70. The molecule has 30 heavy (non-hydrogen) atoms. The number of benzene rings is 2. The van der Waals surface area contributed by atoms with Crippen molar-refractivity contribution in [3.8, 4) is 11.5 Å². The molecule has 0 saturated carbocycles. The highest BCUT2D eigenvalue weighted by atomic mass is 16.5. The lowest BCUT2D eigenvalue weighted by Crippen LogP contribution is -2.68. The van der Waals surface area contributed by atoms with Crippen LogP contribution in [0.5, 0.6) is 11.5 Å². The van der Waals surface area contributed by atoms with Gasteiger partial charge in [-0.2, -0.15) is 0 Å². The maximum Gasteiger partial charge on any atom is 0.223 e. The van der Waals surface area contributed by atoms with E-state index in [1.807, 2.05) is 25.1 Å². The summed E-state index contributed by atoms with van der Waals surface area (Å²) in [5.41, 5.74) is 3.76. The molecule has 1 unspecified atom stereocenters. The van der Waals surface area contributed by atoms with Crippen LogP contribution in [0.2, 0.25) is 0 Å². The van der Waals surface area contributed by atoms with Crippen LogP contribution in [0.4, 0.5) is 5.69 Å². The molecule has 2 aliphatic rings. The molecule has 1 saturated heterocycles. The maximum atomic E-state index is 12.5. The number of ether oxygens (including phenoxy) is 2. The summed E-state index contributed by atoms with van der Waals surface area (Å²) >= 11 is 0.